The summed E-state index contributed by atoms with van der Waals surface area (Å²) < 4.78 is 12.4. The van der Waals surface area contributed by atoms with Gasteiger partial charge in [0.15, 0.2) is 0 Å². The molecule has 50 heavy (non-hydrogen) atoms. The van der Waals surface area contributed by atoms with E-state index >= 15 is 4.79 Å². The van der Waals surface area contributed by atoms with Crippen LogP contribution in [0.4, 0.5) is 0 Å². The highest BCUT2D eigenvalue weighted by molar-refractivity contribution is 6.99. The maximum Gasteiger partial charge on any atom is 0.330 e. The number of ether oxygens (including phenoxy) is 1. The van der Waals surface area contributed by atoms with Crippen LogP contribution in [0, 0.1) is 5.41 Å². The molecule has 4 atom stereocenters. The molecular formula is C42H47Cl2NO4Si. The van der Waals surface area contributed by atoms with Crippen molar-refractivity contribution in [2.45, 2.75) is 70.5 Å². The maximum atomic E-state index is 15.1. The molecule has 1 heterocycles. The number of carbonyl (C=O) groups excluding carboxylic acids is 2. The fourth-order valence-corrected chi connectivity index (χ4v) is 12.5. The molecule has 5 nitrogen and oxygen atoms in total. The summed E-state index contributed by atoms with van der Waals surface area (Å²) in [5.41, 5.74) is 0.959. The molecule has 4 aromatic rings. The first kappa shape index (κ1) is 37.6. The van der Waals surface area contributed by atoms with E-state index in [-0.39, 0.29) is 28.9 Å². The van der Waals surface area contributed by atoms with Crippen LogP contribution >= 0.6 is 23.2 Å². The Hall–Kier alpha value is -3.68. The molecule has 0 spiro atoms. The van der Waals surface area contributed by atoms with Gasteiger partial charge in [0, 0.05) is 22.0 Å². The summed E-state index contributed by atoms with van der Waals surface area (Å²) in [6.07, 6.45) is 4.18. The molecule has 1 unspecified atom stereocenters. The number of carbonyl (C=O) groups is 2. The van der Waals surface area contributed by atoms with E-state index in [1.165, 1.54) is 23.6 Å². The first-order valence-electron chi connectivity index (χ1n) is 17.2. The molecule has 0 N–H and O–H groups in total. The van der Waals surface area contributed by atoms with E-state index in [1.54, 1.807) is 6.08 Å². The minimum atomic E-state index is -2.93. The van der Waals surface area contributed by atoms with E-state index in [2.05, 4.69) is 82.3 Å². The smallest absolute Gasteiger partial charge is 0.330 e. The van der Waals surface area contributed by atoms with Gasteiger partial charge in [-0.2, -0.15) is 0 Å². The van der Waals surface area contributed by atoms with Gasteiger partial charge in [0.1, 0.15) is 0 Å². The zero-order valence-electron chi connectivity index (χ0n) is 29.7. The van der Waals surface area contributed by atoms with Crippen molar-refractivity contribution in [2.75, 3.05) is 13.7 Å². The Bertz CT molecular complexity index is 1750. The minimum Gasteiger partial charge on any atom is -0.466 e. The summed E-state index contributed by atoms with van der Waals surface area (Å²) in [6, 6.07) is 36.0. The maximum absolute atomic E-state index is 15.1. The summed E-state index contributed by atoms with van der Waals surface area (Å²) in [5.74, 6) is -0.748. The highest BCUT2D eigenvalue weighted by Crippen LogP contribution is 2.52. The fraction of sp³-hybridized carbons (Fsp3) is 0.333. The number of piperidine rings is 1. The Morgan fingerprint density at radius 2 is 1.50 bits per heavy atom. The predicted molar refractivity (Wildman–Crippen MR) is 207 cm³/mol. The van der Waals surface area contributed by atoms with Crippen LogP contribution in [0.25, 0.3) is 0 Å². The Kier molecular flexibility index (Phi) is 11.8. The third-order valence-electron chi connectivity index (χ3n) is 10.1. The number of nitrogens with zero attached hydrogens (tertiary/aromatic N) is 1. The molecule has 0 bridgehead atoms. The summed E-state index contributed by atoms with van der Waals surface area (Å²) in [7, 11) is -1.59. The van der Waals surface area contributed by atoms with Crippen molar-refractivity contribution in [3.63, 3.8) is 0 Å². The van der Waals surface area contributed by atoms with Crippen molar-refractivity contribution in [3.05, 3.63) is 143 Å². The van der Waals surface area contributed by atoms with E-state index in [9.17, 15) is 4.79 Å². The molecule has 0 aromatic heterocycles. The number of esters is 1. The number of hydrogen-bond donors (Lipinski definition) is 0. The summed E-state index contributed by atoms with van der Waals surface area (Å²) in [6.45, 7) is 11.1. The molecule has 262 valence electrons. The Labute approximate surface area is 308 Å². The lowest BCUT2D eigenvalue weighted by atomic mass is 9.68. The average Bonchev–Trinajstić information content (AvgIpc) is 3.11. The molecular weight excluding hydrogens is 681 g/mol. The summed E-state index contributed by atoms with van der Waals surface area (Å²) in [4.78, 5) is 29.5. The molecule has 4 aromatic carbocycles. The van der Waals surface area contributed by atoms with Gasteiger partial charge in [-0.15, -0.1) is 0 Å². The van der Waals surface area contributed by atoms with Crippen molar-refractivity contribution >= 4 is 53.8 Å². The number of halogens is 2. The zero-order valence-corrected chi connectivity index (χ0v) is 32.2. The van der Waals surface area contributed by atoms with Gasteiger partial charge in [0.25, 0.3) is 8.32 Å². The molecule has 1 aliphatic heterocycles. The Morgan fingerprint density at radius 3 is 2.02 bits per heavy atom. The number of hydrogen-bond acceptors (Lipinski definition) is 4. The van der Waals surface area contributed by atoms with Crippen molar-refractivity contribution in [1.29, 1.82) is 0 Å². The summed E-state index contributed by atoms with van der Waals surface area (Å²) >= 11 is 13.0. The number of methoxy groups -OCH3 is 1. The quantitative estimate of drug-likeness (QED) is 0.0879. The van der Waals surface area contributed by atoms with E-state index in [4.69, 9.17) is 32.4 Å². The monoisotopic (exact) mass is 727 g/mol. The van der Waals surface area contributed by atoms with Crippen molar-refractivity contribution in [1.82, 2.24) is 4.90 Å². The lowest BCUT2D eigenvalue weighted by Gasteiger charge is -2.52. The van der Waals surface area contributed by atoms with Gasteiger partial charge in [-0.25, -0.2) is 4.79 Å². The van der Waals surface area contributed by atoms with Crippen LogP contribution in [0.3, 0.4) is 0 Å². The summed E-state index contributed by atoms with van der Waals surface area (Å²) in [5, 5.41) is 3.35. The second kappa shape index (κ2) is 15.7. The first-order chi connectivity index (χ1) is 23.8. The molecule has 0 saturated carbocycles. The van der Waals surface area contributed by atoms with E-state index in [0.717, 1.165) is 11.1 Å². The lowest BCUT2D eigenvalue weighted by molar-refractivity contribution is -0.152. The lowest BCUT2D eigenvalue weighted by Crippen LogP contribution is -2.67. The predicted octanol–water partition coefficient (Wildman–Crippen LogP) is 9.14. The highest BCUT2D eigenvalue weighted by Gasteiger charge is 2.53. The zero-order chi connectivity index (χ0) is 36.1. The third kappa shape index (κ3) is 7.64. The van der Waals surface area contributed by atoms with Gasteiger partial charge in [-0.3, -0.25) is 4.79 Å². The van der Waals surface area contributed by atoms with Crippen LogP contribution in [0.1, 0.15) is 70.5 Å². The van der Waals surface area contributed by atoms with Crippen LogP contribution in [-0.2, 0) is 18.8 Å². The standard InChI is InChI=1S/C42H47Cl2NO4Si/c1-7-34(29-49-50(41(2,3)4,35-17-10-8-11-18-35)36-19-12-9-13-20-36)45-39(30-21-23-32(43)24-22-30)37(31-15-14-16-33(44)27-31)28-42(5,40(45)47)26-25-38(46)48-6/h8-27,34,37,39H,7,28-29H2,1-6H3/b26-25+/t34-,37?,39+,42-/m0/s1. The molecule has 8 heteroatoms. The van der Waals surface area contributed by atoms with E-state index in [0.29, 0.717) is 29.5 Å². The van der Waals surface area contributed by atoms with Gasteiger partial charge in [-0.05, 0) is 70.6 Å². The Morgan fingerprint density at radius 1 is 0.900 bits per heavy atom. The van der Waals surface area contributed by atoms with Crippen LogP contribution in [0.5, 0.6) is 0 Å². The van der Waals surface area contributed by atoms with Crippen LogP contribution in [-0.4, -0.2) is 44.9 Å². The number of rotatable bonds is 11. The topological polar surface area (TPSA) is 55.8 Å². The van der Waals surface area contributed by atoms with Gasteiger partial charge in [0.05, 0.1) is 31.2 Å². The van der Waals surface area contributed by atoms with Crippen molar-refractivity contribution in [2.24, 2.45) is 5.41 Å². The Balaban J connectivity index is 1.69. The van der Waals surface area contributed by atoms with Gasteiger partial charge in [-0.1, -0.05) is 142 Å². The molecule has 1 fully saturated rings. The molecule has 1 amide bonds. The van der Waals surface area contributed by atoms with E-state index < -0.39 is 19.7 Å². The number of benzene rings is 4. The third-order valence-corrected chi connectivity index (χ3v) is 15.6. The van der Waals surface area contributed by atoms with Crippen molar-refractivity contribution < 1.29 is 18.8 Å². The molecule has 5 rings (SSSR count). The normalized spacial score (nSPS) is 20.6. The average molecular weight is 729 g/mol. The first-order valence-corrected chi connectivity index (χ1v) is 19.9. The fourth-order valence-electron chi connectivity index (χ4n) is 7.59. The van der Waals surface area contributed by atoms with Crippen LogP contribution in [0.15, 0.2) is 121 Å². The number of likely N-dealkylation sites (tertiary alicyclic amines) is 1. The minimum absolute atomic E-state index is 0.0752. The molecule has 0 aliphatic carbocycles. The van der Waals surface area contributed by atoms with Gasteiger partial charge >= 0.3 is 5.97 Å². The largest absolute Gasteiger partial charge is 0.466 e. The van der Waals surface area contributed by atoms with Crippen molar-refractivity contribution in [3.8, 4) is 0 Å². The van der Waals surface area contributed by atoms with Gasteiger partial charge in [0.2, 0.25) is 5.91 Å². The van der Waals surface area contributed by atoms with E-state index in [1.807, 2.05) is 66.4 Å². The van der Waals surface area contributed by atoms with Crippen LogP contribution < -0.4 is 10.4 Å². The highest BCUT2D eigenvalue weighted by atomic mass is 35.5. The second-order valence-corrected chi connectivity index (χ2v) is 19.6. The molecule has 1 saturated heterocycles. The molecule has 0 radical (unpaired) electrons. The molecule has 1 aliphatic rings. The SMILES string of the molecule is CC[C@@H](CO[Si](c1ccccc1)(c1ccccc1)C(C)(C)C)N1C(=O)[C@@](C)(/C=C/C(=O)OC)CC(c2cccc(Cl)c2)[C@H]1c1ccc(Cl)cc1. The number of amides is 1. The van der Waals surface area contributed by atoms with Gasteiger partial charge < -0.3 is 14.1 Å². The van der Waals surface area contributed by atoms with Crippen LogP contribution in [0.2, 0.25) is 15.1 Å². The second-order valence-electron chi connectivity index (χ2n) is 14.4.